The van der Waals surface area contributed by atoms with Gasteiger partial charge in [0.05, 0.1) is 9.52 Å². The summed E-state index contributed by atoms with van der Waals surface area (Å²) in [4.78, 5) is 0. The van der Waals surface area contributed by atoms with Crippen LogP contribution in [0.25, 0.3) is 0 Å². The molecule has 0 amide bonds. The third-order valence-corrected chi connectivity index (χ3v) is 2.45. The molecule has 1 aliphatic carbocycles. The molecule has 1 heteroatoms. The first-order valence-electron chi connectivity index (χ1n) is 3.02. The van der Waals surface area contributed by atoms with Gasteiger partial charge in [-0.15, -0.1) is 0 Å². The van der Waals surface area contributed by atoms with Gasteiger partial charge in [-0.2, -0.15) is 0 Å². The van der Waals surface area contributed by atoms with Crippen molar-refractivity contribution in [2.75, 3.05) is 0 Å². The highest BCUT2D eigenvalue weighted by atomic mass is 28.2. The Bertz CT molecular complexity index is 102. The van der Waals surface area contributed by atoms with Gasteiger partial charge in [-0.1, -0.05) is 37.3 Å². The van der Waals surface area contributed by atoms with Gasteiger partial charge < -0.3 is 0 Å². The topological polar surface area (TPSA) is 0 Å². The lowest BCUT2D eigenvalue weighted by molar-refractivity contribution is 1.32. The van der Waals surface area contributed by atoms with Crippen molar-refractivity contribution >= 4 is 9.52 Å². The largest absolute Gasteiger partial charge is 0.0809 e. The van der Waals surface area contributed by atoms with Crippen LogP contribution in [0.4, 0.5) is 0 Å². The second-order valence-corrected chi connectivity index (χ2v) is 3.64. The summed E-state index contributed by atoms with van der Waals surface area (Å²) in [6, 6.07) is 1.32. The zero-order valence-electron chi connectivity index (χ0n) is 5.09. The molecule has 0 aromatic rings. The minimum Gasteiger partial charge on any atom is -0.0809 e. The van der Waals surface area contributed by atoms with E-state index < -0.39 is 0 Å². The molecule has 1 aliphatic rings. The molecular formula is C7H10Si. The summed E-state index contributed by atoms with van der Waals surface area (Å²) in [5.41, 5.74) is 0.778. The van der Waals surface area contributed by atoms with Crippen molar-refractivity contribution in [2.24, 2.45) is 0 Å². The Labute approximate surface area is 53.1 Å². The maximum absolute atomic E-state index is 2.27. The van der Waals surface area contributed by atoms with E-state index in [2.05, 4.69) is 31.2 Å². The van der Waals surface area contributed by atoms with Crippen LogP contribution in [0.1, 0.15) is 6.92 Å². The number of hydrogen-bond donors (Lipinski definition) is 0. The second-order valence-electron chi connectivity index (χ2n) is 1.85. The lowest BCUT2D eigenvalue weighted by Gasteiger charge is -1.96. The summed E-state index contributed by atoms with van der Waals surface area (Å²) < 4.78 is 0. The van der Waals surface area contributed by atoms with E-state index in [0.717, 1.165) is 15.1 Å². The number of allylic oxidation sites excluding steroid dienone is 4. The molecule has 8 heavy (non-hydrogen) atoms. The molecule has 0 spiro atoms. The Hall–Kier alpha value is -0.303. The summed E-state index contributed by atoms with van der Waals surface area (Å²) in [6.07, 6.45) is 8.80. The predicted octanol–water partition coefficient (Wildman–Crippen LogP) is 2.04. The lowest BCUT2D eigenvalue weighted by Crippen LogP contribution is -1.91. The van der Waals surface area contributed by atoms with Gasteiger partial charge in [-0.05, 0) is 5.54 Å². The maximum atomic E-state index is 2.27. The minimum absolute atomic E-state index is 0.778. The summed E-state index contributed by atoms with van der Waals surface area (Å²) in [6.45, 7) is 2.23. The van der Waals surface area contributed by atoms with Crippen molar-refractivity contribution in [3.63, 3.8) is 0 Å². The molecule has 0 unspecified atom stereocenters. The minimum atomic E-state index is 0.778. The van der Waals surface area contributed by atoms with E-state index >= 15 is 0 Å². The second kappa shape index (κ2) is 2.87. The van der Waals surface area contributed by atoms with Crippen molar-refractivity contribution < 1.29 is 0 Å². The third kappa shape index (κ3) is 1.34. The molecule has 0 aromatic heterocycles. The average molecular weight is 122 g/mol. The van der Waals surface area contributed by atoms with Gasteiger partial charge in [0.15, 0.2) is 0 Å². The molecule has 1 rings (SSSR count). The Kier molecular flexibility index (Phi) is 2.09. The summed E-state index contributed by atoms with van der Waals surface area (Å²) in [5, 5.41) is 0. The summed E-state index contributed by atoms with van der Waals surface area (Å²) in [7, 11) is 1.09. The van der Waals surface area contributed by atoms with Gasteiger partial charge in [0, 0.05) is 0 Å². The van der Waals surface area contributed by atoms with Crippen molar-refractivity contribution in [3.05, 3.63) is 24.3 Å². The van der Waals surface area contributed by atoms with E-state index in [0.29, 0.717) is 0 Å². The van der Waals surface area contributed by atoms with Crippen LogP contribution in [0, 0.1) is 0 Å². The Morgan fingerprint density at radius 3 is 2.50 bits per heavy atom. The molecular weight excluding hydrogens is 112 g/mol. The highest BCUT2D eigenvalue weighted by Gasteiger charge is 2.00. The fourth-order valence-corrected chi connectivity index (χ4v) is 1.77. The van der Waals surface area contributed by atoms with Crippen molar-refractivity contribution in [1.82, 2.24) is 0 Å². The van der Waals surface area contributed by atoms with Crippen molar-refractivity contribution in [1.29, 1.82) is 0 Å². The monoisotopic (exact) mass is 122 g/mol. The number of hydrogen-bond acceptors (Lipinski definition) is 0. The zero-order valence-corrected chi connectivity index (χ0v) is 6.09. The molecule has 0 aromatic carbocycles. The molecule has 42 valence electrons. The van der Waals surface area contributed by atoms with E-state index in [1.165, 1.54) is 6.04 Å². The average Bonchev–Trinajstić information content (AvgIpc) is 2.19. The first-order valence-corrected chi connectivity index (χ1v) is 4.30. The number of rotatable bonds is 2. The SMILES string of the molecule is CC[Si]C1C=CC=C1. The third-order valence-electron chi connectivity index (χ3n) is 1.19. The summed E-state index contributed by atoms with van der Waals surface area (Å²) in [5.74, 6) is 0. The van der Waals surface area contributed by atoms with E-state index in [9.17, 15) is 0 Å². The van der Waals surface area contributed by atoms with Gasteiger partial charge in [0.2, 0.25) is 0 Å². The fourth-order valence-electron chi connectivity index (χ4n) is 0.804. The highest BCUT2D eigenvalue weighted by molar-refractivity contribution is 6.39. The molecule has 2 radical (unpaired) electrons. The van der Waals surface area contributed by atoms with Crippen LogP contribution in [0.3, 0.4) is 0 Å². The molecule has 0 nitrogen and oxygen atoms in total. The van der Waals surface area contributed by atoms with Gasteiger partial charge in [-0.3, -0.25) is 0 Å². The molecule has 0 N–H and O–H groups in total. The van der Waals surface area contributed by atoms with Crippen LogP contribution >= 0.6 is 0 Å². The zero-order chi connectivity index (χ0) is 5.82. The van der Waals surface area contributed by atoms with E-state index in [1.54, 1.807) is 0 Å². The molecule has 0 saturated carbocycles. The van der Waals surface area contributed by atoms with Crippen LogP contribution in [-0.4, -0.2) is 9.52 Å². The fraction of sp³-hybridized carbons (Fsp3) is 0.429. The van der Waals surface area contributed by atoms with Crippen LogP contribution < -0.4 is 0 Å². The maximum Gasteiger partial charge on any atom is 0.0515 e. The molecule has 0 bridgehead atoms. The highest BCUT2D eigenvalue weighted by Crippen LogP contribution is 2.14. The lowest BCUT2D eigenvalue weighted by atomic mass is 10.5. The van der Waals surface area contributed by atoms with Crippen LogP contribution in [0.5, 0.6) is 0 Å². The molecule has 0 aliphatic heterocycles. The van der Waals surface area contributed by atoms with Gasteiger partial charge >= 0.3 is 0 Å². The summed E-state index contributed by atoms with van der Waals surface area (Å²) >= 11 is 0. The van der Waals surface area contributed by atoms with Crippen molar-refractivity contribution in [2.45, 2.75) is 18.5 Å². The Balaban J connectivity index is 2.27. The van der Waals surface area contributed by atoms with Crippen LogP contribution in [0.15, 0.2) is 24.3 Å². The van der Waals surface area contributed by atoms with Crippen molar-refractivity contribution in [3.8, 4) is 0 Å². The van der Waals surface area contributed by atoms with Crippen LogP contribution in [0.2, 0.25) is 11.6 Å². The predicted molar refractivity (Wildman–Crippen MR) is 38.3 cm³/mol. The molecule has 0 atom stereocenters. The molecule has 0 fully saturated rings. The first kappa shape index (κ1) is 5.83. The van der Waals surface area contributed by atoms with Gasteiger partial charge in [-0.25, -0.2) is 0 Å². The first-order chi connectivity index (χ1) is 3.93. The quantitative estimate of drug-likeness (QED) is 0.492. The Morgan fingerprint density at radius 1 is 1.38 bits per heavy atom. The molecule has 0 saturated heterocycles. The smallest absolute Gasteiger partial charge is 0.0515 e. The van der Waals surface area contributed by atoms with Gasteiger partial charge in [0.1, 0.15) is 0 Å². The van der Waals surface area contributed by atoms with E-state index in [1.807, 2.05) is 0 Å². The Morgan fingerprint density at radius 2 is 2.00 bits per heavy atom. The van der Waals surface area contributed by atoms with E-state index in [-0.39, 0.29) is 0 Å². The van der Waals surface area contributed by atoms with Crippen LogP contribution in [-0.2, 0) is 0 Å². The normalized spacial score (nSPS) is 18.1. The standard InChI is InChI=1S/C7H10Si/c1-2-8-7-5-3-4-6-7/h3-7H,2H2,1H3. The van der Waals surface area contributed by atoms with Gasteiger partial charge in [0.25, 0.3) is 0 Å². The molecule has 0 heterocycles. The van der Waals surface area contributed by atoms with E-state index in [4.69, 9.17) is 0 Å².